The van der Waals surface area contributed by atoms with E-state index in [1.165, 1.54) is 12.1 Å². The van der Waals surface area contributed by atoms with Crippen molar-refractivity contribution in [1.29, 1.82) is 0 Å². The quantitative estimate of drug-likeness (QED) is 0.923. The van der Waals surface area contributed by atoms with Crippen molar-refractivity contribution in [2.24, 2.45) is 5.73 Å². The van der Waals surface area contributed by atoms with Crippen LogP contribution in [0, 0.1) is 18.6 Å². The first-order chi connectivity index (χ1) is 8.61. The van der Waals surface area contributed by atoms with Gasteiger partial charge in [0.25, 0.3) is 0 Å². The molecule has 0 aliphatic rings. The average molecular weight is 269 g/mol. The monoisotopic (exact) mass is 269 g/mol. The Labute approximate surface area is 108 Å². The van der Waals surface area contributed by atoms with Gasteiger partial charge in [0.15, 0.2) is 11.6 Å². The molecule has 0 unspecified atom stereocenters. The lowest BCUT2D eigenvalue weighted by Crippen LogP contribution is -1.99. The number of benzene rings is 1. The van der Waals surface area contributed by atoms with Crippen LogP contribution < -0.4 is 10.5 Å². The summed E-state index contributed by atoms with van der Waals surface area (Å²) in [4.78, 5) is 2.12. The molecular weight excluding hydrogens is 256 g/mol. The fourth-order valence-corrected chi connectivity index (χ4v) is 2.51. The van der Waals surface area contributed by atoms with Gasteiger partial charge in [-0.2, -0.15) is 4.39 Å². The van der Waals surface area contributed by atoms with Gasteiger partial charge in [0, 0.05) is 21.9 Å². The molecule has 2 rings (SSSR count). The lowest BCUT2D eigenvalue weighted by molar-refractivity contribution is 0.284. The number of rotatable bonds is 4. The van der Waals surface area contributed by atoms with Crippen LogP contribution in [0.4, 0.5) is 8.78 Å². The van der Waals surface area contributed by atoms with Crippen LogP contribution in [0.1, 0.15) is 15.3 Å². The van der Waals surface area contributed by atoms with Crippen molar-refractivity contribution >= 4 is 11.3 Å². The summed E-state index contributed by atoms with van der Waals surface area (Å²) in [7, 11) is 0. The molecular formula is C13H13F2NOS. The molecule has 1 aromatic heterocycles. The SMILES string of the molecule is Cc1sc(CN)cc1COc1cccc(F)c1F. The van der Waals surface area contributed by atoms with Gasteiger partial charge < -0.3 is 10.5 Å². The maximum absolute atomic E-state index is 13.4. The molecule has 2 nitrogen and oxygen atoms in total. The van der Waals surface area contributed by atoms with Crippen molar-refractivity contribution in [3.63, 3.8) is 0 Å². The van der Waals surface area contributed by atoms with E-state index in [0.717, 1.165) is 21.4 Å². The largest absolute Gasteiger partial charge is 0.486 e. The molecule has 0 bridgehead atoms. The highest BCUT2D eigenvalue weighted by Crippen LogP contribution is 2.24. The number of thiophene rings is 1. The fraction of sp³-hybridized carbons (Fsp3) is 0.231. The average Bonchev–Trinajstić information content (AvgIpc) is 2.72. The molecule has 0 atom stereocenters. The van der Waals surface area contributed by atoms with Crippen molar-refractivity contribution in [3.8, 4) is 5.75 Å². The molecule has 5 heteroatoms. The van der Waals surface area contributed by atoms with Gasteiger partial charge in [0.1, 0.15) is 6.61 Å². The Bertz CT molecular complexity index is 554. The van der Waals surface area contributed by atoms with Gasteiger partial charge in [-0.3, -0.25) is 0 Å². The standard InChI is InChI=1S/C13H13F2NOS/c1-8-9(5-10(6-16)18-8)7-17-12-4-2-3-11(14)13(12)15/h2-5H,6-7,16H2,1H3. The third-order valence-electron chi connectivity index (χ3n) is 2.57. The van der Waals surface area contributed by atoms with Crippen LogP contribution >= 0.6 is 11.3 Å². The summed E-state index contributed by atoms with van der Waals surface area (Å²) in [6, 6.07) is 5.81. The zero-order valence-corrected chi connectivity index (χ0v) is 10.7. The maximum atomic E-state index is 13.4. The van der Waals surface area contributed by atoms with Crippen LogP contribution in [0.15, 0.2) is 24.3 Å². The molecule has 0 aliphatic heterocycles. The highest BCUT2D eigenvalue weighted by atomic mass is 32.1. The molecule has 0 amide bonds. The molecule has 0 aliphatic carbocycles. The van der Waals surface area contributed by atoms with E-state index in [1.54, 1.807) is 11.3 Å². The number of hydrogen-bond donors (Lipinski definition) is 1. The topological polar surface area (TPSA) is 35.2 Å². The number of aryl methyl sites for hydroxylation is 1. The Morgan fingerprint density at radius 1 is 1.33 bits per heavy atom. The molecule has 0 saturated carbocycles. The van der Waals surface area contributed by atoms with E-state index in [2.05, 4.69) is 0 Å². The number of nitrogens with two attached hydrogens (primary N) is 1. The highest BCUT2D eigenvalue weighted by molar-refractivity contribution is 7.12. The van der Waals surface area contributed by atoms with Gasteiger partial charge in [-0.15, -0.1) is 11.3 Å². The predicted molar refractivity (Wildman–Crippen MR) is 67.6 cm³/mol. The first-order valence-electron chi connectivity index (χ1n) is 5.47. The first kappa shape index (κ1) is 13.0. The molecule has 2 N–H and O–H groups in total. The lowest BCUT2D eigenvalue weighted by Gasteiger charge is -2.07. The van der Waals surface area contributed by atoms with E-state index in [1.807, 2.05) is 13.0 Å². The Hall–Kier alpha value is -1.46. The Morgan fingerprint density at radius 3 is 2.78 bits per heavy atom. The third-order valence-corrected chi connectivity index (χ3v) is 3.69. The second-order valence-corrected chi connectivity index (χ2v) is 5.18. The van der Waals surface area contributed by atoms with E-state index in [4.69, 9.17) is 10.5 Å². The Balaban J connectivity index is 2.11. The van der Waals surface area contributed by atoms with E-state index < -0.39 is 11.6 Å². The predicted octanol–water partition coefficient (Wildman–Crippen LogP) is 3.37. The van der Waals surface area contributed by atoms with Crippen LogP contribution in [0.3, 0.4) is 0 Å². The highest BCUT2D eigenvalue weighted by Gasteiger charge is 2.10. The summed E-state index contributed by atoms with van der Waals surface area (Å²) in [5.74, 6) is -1.93. The zero-order valence-electron chi connectivity index (χ0n) is 9.87. The van der Waals surface area contributed by atoms with E-state index >= 15 is 0 Å². The van der Waals surface area contributed by atoms with Crippen molar-refractivity contribution in [2.45, 2.75) is 20.1 Å². The third kappa shape index (κ3) is 2.68. The summed E-state index contributed by atoms with van der Waals surface area (Å²) in [5, 5.41) is 0. The number of hydrogen-bond acceptors (Lipinski definition) is 3. The number of ether oxygens (including phenoxy) is 1. The summed E-state index contributed by atoms with van der Waals surface area (Å²) in [6.45, 7) is 2.63. The van der Waals surface area contributed by atoms with Gasteiger partial charge in [0.05, 0.1) is 0 Å². The Kier molecular flexibility index (Phi) is 3.93. The first-order valence-corrected chi connectivity index (χ1v) is 6.28. The molecule has 1 aromatic carbocycles. The van der Waals surface area contributed by atoms with Crippen molar-refractivity contribution in [1.82, 2.24) is 0 Å². The van der Waals surface area contributed by atoms with Crippen LogP contribution in [-0.4, -0.2) is 0 Å². The van der Waals surface area contributed by atoms with E-state index in [0.29, 0.717) is 6.54 Å². The van der Waals surface area contributed by atoms with Gasteiger partial charge in [-0.25, -0.2) is 4.39 Å². The molecule has 2 aromatic rings. The molecule has 0 saturated heterocycles. The molecule has 0 spiro atoms. The second-order valence-electron chi connectivity index (χ2n) is 3.84. The molecule has 0 radical (unpaired) electrons. The molecule has 0 fully saturated rings. The van der Waals surface area contributed by atoms with Crippen molar-refractivity contribution in [3.05, 3.63) is 51.2 Å². The van der Waals surface area contributed by atoms with Crippen LogP contribution in [0.25, 0.3) is 0 Å². The van der Waals surface area contributed by atoms with Crippen LogP contribution in [-0.2, 0) is 13.2 Å². The summed E-state index contributed by atoms with van der Waals surface area (Å²) < 4.78 is 31.6. The molecule has 1 heterocycles. The second kappa shape index (κ2) is 5.46. The minimum atomic E-state index is -0.954. The minimum Gasteiger partial charge on any atom is -0.486 e. The zero-order chi connectivity index (χ0) is 13.1. The summed E-state index contributed by atoms with van der Waals surface area (Å²) in [6.07, 6.45) is 0. The van der Waals surface area contributed by atoms with Crippen molar-refractivity contribution in [2.75, 3.05) is 0 Å². The van der Waals surface area contributed by atoms with Gasteiger partial charge in [0.2, 0.25) is 5.82 Å². The van der Waals surface area contributed by atoms with E-state index in [9.17, 15) is 8.78 Å². The van der Waals surface area contributed by atoms with Gasteiger partial charge in [-0.05, 0) is 25.1 Å². The smallest absolute Gasteiger partial charge is 0.200 e. The Morgan fingerprint density at radius 2 is 2.11 bits per heavy atom. The normalized spacial score (nSPS) is 10.7. The van der Waals surface area contributed by atoms with Gasteiger partial charge >= 0.3 is 0 Å². The van der Waals surface area contributed by atoms with Crippen LogP contribution in [0.5, 0.6) is 5.75 Å². The fourth-order valence-electron chi connectivity index (χ4n) is 1.58. The van der Waals surface area contributed by atoms with Crippen molar-refractivity contribution < 1.29 is 13.5 Å². The summed E-state index contributed by atoms with van der Waals surface area (Å²) >= 11 is 1.58. The lowest BCUT2D eigenvalue weighted by atomic mass is 10.2. The van der Waals surface area contributed by atoms with Gasteiger partial charge in [-0.1, -0.05) is 6.07 Å². The number of halogens is 2. The molecule has 18 heavy (non-hydrogen) atoms. The maximum Gasteiger partial charge on any atom is 0.200 e. The van der Waals surface area contributed by atoms with E-state index in [-0.39, 0.29) is 12.4 Å². The summed E-state index contributed by atoms with van der Waals surface area (Å²) in [5.41, 5.74) is 6.49. The molecule has 96 valence electrons. The van der Waals surface area contributed by atoms with Crippen LogP contribution in [0.2, 0.25) is 0 Å². The minimum absolute atomic E-state index is 0.0742.